The van der Waals surface area contributed by atoms with Gasteiger partial charge in [-0.2, -0.15) is 0 Å². The summed E-state index contributed by atoms with van der Waals surface area (Å²) in [5, 5.41) is 0.867. The van der Waals surface area contributed by atoms with Crippen molar-refractivity contribution < 1.29 is 0 Å². The molecule has 0 amide bonds. The van der Waals surface area contributed by atoms with Gasteiger partial charge in [-0.1, -0.05) is 17.7 Å². The highest BCUT2D eigenvalue weighted by atomic mass is 35.5. The fourth-order valence-electron chi connectivity index (χ4n) is 1.35. The van der Waals surface area contributed by atoms with Gasteiger partial charge in [0.15, 0.2) is 0 Å². The summed E-state index contributed by atoms with van der Waals surface area (Å²) in [5.74, 6) is 5.94. The van der Waals surface area contributed by atoms with Gasteiger partial charge in [0.2, 0.25) is 0 Å². The lowest BCUT2D eigenvalue weighted by Gasteiger charge is -2.06. The van der Waals surface area contributed by atoms with Crippen LogP contribution in [0.1, 0.15) is 30.0 Å². The summed E-state index contributed by atoms with van der Waals surface area (Å²) in [7, 11) is 0. The van der Waals surface area contributed by atoms with E-state index in [1.807, 2.05) is 13.0 Å². The highest BCUT2D eigenvalue weighted by Crippen LogP contribution is 2.21. The van der Waals surface area contributed by atoms with E-state index in [4.69, 9.17) is 11.6 Å². The molecule has 0 fully saturated rings. The summed E-state index contributed by atoms with van der Waals surface area (Å²) in [6.07, 6.45) is 1.83. The maximum Gasteiger partial charge on any atom is 0.0441 e. The maximum atomic E-state index is 6.13. The molecule has 0 saturated carbocycles. The van der Waals surface area contributed by atoms with Crippen LogP contribution in [0.2, 0.25) is 5.02 Å². The molecule has 74 valence electrons. The molecule has 0 atom stereocenters. The average molecular weight is 207 g/mol. The van der Waals surface area contributed by atoms with Crippen LogP contribution in [0, 0.1) is 25.7 Å². The summed E-state index contributed by atoms with van der Waals surface area (Å²) in [6, 6.07) is 4.20. The van der Waals surface area contributed by atoms with E-state index in [0.717, 1.165) is 17.9 Å². The quantitative estimate of drug-likeness (QED) is 0.644. The molecule has 1 rings (SSSR count). The second kappa shape index (κ2) is 5.08. The molecule has 0 heterocycles. The van der Waals surface area contributed by atoms with E-state index in [0.29, 0.717) is 0 Å². The molecule has 1 aromatic carbocycles. The minimum atomic E-state index is 0.867. The summed E-state index contributed by atoms with van der Waals surface area (Å²) in [6.45, 7) is 6.06. The van der Waals surface area contributed by atoms with Gasteiger partial charge in [0.05, 0.1) is 0 Å². The van der Waals surface area contributed by atoms with Crippen LogP contribution >= 0.6 is 11.6 Å². The standard InChI is InChI=1S/C13H15Cl/c1-4-5-6-7-12-8-10(2)11(3)9-13(12)14/h8-9H,6-7H2,1-3H3. The number of benzene rings is 1. The Bertz CT molecular complexity index is 380. The zero-order valence-corrected chi connectivity index (χ0v) is 9.70. The number of aryl methyl sites for hydroxylation is 3. The SMILES string of the molecule is CC#CCCc1cc(C)c(C)cc1Cl. The zero-order chi connectivity index (χ0) is 10.6. The highest BCUT2D eigenvalue weighted by Gasteiger charge is 2.02. The molecule has 0 aliphatic heterocycles. The fourth-order valence-corrected chi connectivity index (χ4v) is 1.67. The second-order valence-electron chi connectivity index (χ2n) is 3.45. The fraction of sp³-hybridized carbons (Fsp3) is 0.385. The van der Waals surface area contributed by atoms with Gasteiger partial charge >= 0.3 is 0 Å². The van der Waals surface area contributed by atoms with Crippen LogP contribution in [-0.4, -0.2) is 0 Å². The Kier molecular flexibility index (Phi) is 4.04. The summed E-state index contributed by atoms with van der Waals surface area (Å²) in [5.41, 5.74) is 3.76. The normalized spacial score (nSPS) is 9.43. The molecule has 0 nitrogen and oxygen atoms in total. The molecular weight excluding hydrogens is 192 g/mol. The van der Waals surface area contributed by atoms with Crippen LogP contribution in [0.5, 0.6) is 0 Å². The van der Waals surface area contributed by atoms with E-state index in [9.17, 15) is 0 Å². The number of hydrogen-bond acceptors (Lipinski definition) is 0. The third-order valence-electron chi connectivity index (χ3n) is 2.36. The van der Waals surface area contributed by atoms with Crippen LogP contribution in [0.4, 0.5) is 0 Å². The lowest BCUT2D eigenvalue weighted by Crippen LogP contribution is -1.90. The van der Waals surface area contributed by atoms with Gasteiger partial charge in [-0.15, -0.1) is 11.8 Å². The van der Waals surface area contributed by atoms with Crippen molar-refractivity contribution in [1.29, 1.82) is 0 Å². The summed E-state index contributed by atoms with van der Waals surface area (Å²) >= 11 is 6.13. The van der Waals surface area contributed by atoms with Crippen LogP contribution < -0.4 is 0 Å². The number of hydrogen-bond donors (Lipinski definition) is 0. The van der Waals surface area contributed by atoms with E-state index < -0.39 is 0 Å². The Morgan fingerprint density at radius 2 is 1.86 bits per heavy atom. The lowest BCUT2D eigenvalue weighted by atomic mass is 10.0. The third kappa shape index (κ3) is 2.79. The Labute approximate surface area is 91.3 Å². The third-order valence-corrected chi connectivity index (χ3v) is 2.71. The Morgan fingerprint density at radius 3 is 2.50 bits per heavy atom. The van der Waals surface area contributed by atoms with Crippen LogP contribution in [0.15, 0.2) is 12.1 Å². The topological polar surface area (TPSA) is 0 Å². The minimum absolute atomic E-state index is 0.867. The first-order chi connectivity index (χ1) is 6.65. The van der Waals surface area contributed by atoms with Crippen molar-refractivity contribution in [2.75, 3.05) is 0 Å². The molecule has 0 unspecified atom stereocenters. The Balaban J connectivity index is 2.85. The molecule has 0 spiro atoms. The van der Waals surface area contributed by atoms with Crippen LogP contribution in [0.3, 0.4) is 0 Å². The first kappa shape index (κ1) is 11.1. The van der Waals surface area contributed by atoms with Gasteiger partial charge < -0.3 is 0 Å². The molecule has 0 bridgehead atoms. The zero-order valence-electron chi connectivity index (χ0n) is 8.95. The van der Waals surface area contributed by atoms with E-state index >= 15 is 0 Å². The van der Waals surface area contributed by atoms with E-state index in [2.05, 4.69) is 31.8 Å². The minimum Gasteiger partial charge on any atom is -0.107 e. The van der Waals surface area contributed by atoms with Crippen molar-refractivity contribution in [3.05, 3.63) is 33.8 Å². The molecule has 14 heavy (non-hydrogen) atoms. The molecule has 0 aromatic heterocycles. The van der Waals surface area contributed by atoms with Crippen molar-refractivity contribution in [3.8, 4) is 11.8 Å². The maximum absolute atomic E-state index is 6.13. The highest BCUT2D eigenvalue weighted by molar-refractivity contribution is 6.31. The first-order valence-electron chi connectivity index (χ1n) is 4.80. The molecule has 0 aliphatic rings. The first-order valence-corrected chi connectivity index (χ1v) is 5.18. The van der Waals surface area contributed by atoms with Gasteiger partial charge in [0, 0.05) is 11.4 Å². The monoisotopic (exact) mass is 206 g/mol. The van der Waals surface area contributed by atoms with Crippen molar-refractivity contribution >= 4 is 11.6 Å². The molecule has 0 saturated heterocycles. The van der Waals surface area contributed by atoms with Crippen molar-refractivity contribution in [3.63, 3.8) is 0 Å². The predicted molar refractivity (Wildman–Crippen MR) is 62.7 cm³/mol. The smallest absolute Gasteiger partial charge is 0.0441 e. The second-order valence-corrected chi connectivity index (χ2v) is 3.86. The van der Waals surface area contributed by atoms with E-state index in [-0.39, 0.29) is 0 Å². The van der Waals surface area contributed by atoms with Gasteiger partial charge in [-0.3, -0.25) is 0 Å². The summed E-state index contributed by atoms with van der Waals surface area (Å²) < 4.78 is 0. The molecule has 0 N–H and O–H groups in total. The number of halogens is 1. The van der Waals surface area contributed by atoms with Crippen molar-refractivity contribution in [1.82, 2.24) is 0 Å². The van der Waals surface area contributed by atoms with Crippen LogP contribution in [-0.2, 0) is 6.42 Å². The van der Waals surface area contributed by atoms with E-state index in [1.54, 1.807) is 0 Å². The van der Waals surface area contributed by atoms with E-state index in [1.165, 1.54) is 16.7 Å². The molecule has 0 aliphatic carbocycles. The number of rotatable bonds is 2. The van der Waals surface area contributed by atoms with Gasteiger partial charge in [0.25, 0.3) is 0 Å². The molecule has 1 heteroatoms. The van der Waals surface area contributed by atoms with Crippen molar-refractivity contribution in [2.24, 2.45) is 0 Å². The predicted octanol–water partition coefficient (Wildman–Crippen LogP) is 3.91. The van der Waals surface area contributed by atoms with Gasteiger partial charge in [-0.05, 0) is 49.9 Å². The molecule has 0 radical (unpaired) electrons. The average Bonchev–Trinajstić information content (AvgIpc) is 2.14. The van der Waals surface area contributed by atoms with Crippen LogP contribution in [0.25, 0.3) is 0 Å². The largest absolute Gasteiger partial charge is 0.107 e. The molecule has 1 aromatic rings. The Morgan fingerprint density at radius 1 is 1.21 bits per heavy atom. The summed E-state index contributed by atoms with van der Waals surface area (Å²) in [4.78, 5) is 0. The lowest BCUT2D eigenvalue weighted by molar-refractivity contribution is 1.02. The van der Waals surface area contributed by atoms with Gasteiger partial charge in [-0.25, -0.2) is 0 Å². The molecular formula is C13H15Cl. The Hall–Kier alpha value is -0.930. The van der Waals surface area contributed by atoms with Crippen molar-refractivity contribution in [2.45, 2.75) is 33.6 Å². The van der Waals surface area contributed by atoms with Gasteiger partial charge in [0.1, 0.15) is 0 Å².